The molecule has 2 aromatic carbocycles. The van der Waals surface area contributed by atoms with Crippen LogP contribution in [0, 0.1) is 0 Å². The van der Waals surface area contributed by atoms with Gasteiger partial charge in [0.15, 0.2) is 0 Å². The smallest absolute Gasteiger partial charge is 0.241 e. The maximum atomic E-state index is 12.9. The van der Waals surface area contributed by atoms with Crippen molar-refractivity contribution in [2.75, 3.05) is 39.5 Å². The fourth-order valence-corrected chi connectivity index (χ4v) is 4.29. The van der Waals surface area contributed by atoms with Crippen LogP contribution in [0.15, 0.2) is 59.5 Å². The zero-order valence-electron chi connectivity index (χ0n) is 15.5. The summed E-state index contributed by atoms with van der Waals surface area (Å²) >= 11 is 0. The minimum Gasteiger partial charge on any atom is -0.494 e. The normalized spacial score (nSPS) is 16.8. The van der Waals surface area contributed by atoms with Gasteiger partial charge in [0.1, 0.15) is 5.75 Å². The Bertz CT molecular complexity index is 804. The molecule has 0 saturated carbocycles. The number of morpholine rings is 1. The second kappa shape index (κ2) is 9.32. The Hall–Kier alpha value is -1.93. The zero-order valence-corrected chi connectivity index (χ0v) is 16.3. The minimum atomic E-state index is -3.65. The standard InChI is InChI=1S/C20H26N2O4S/c1-2-26-18-8-10-19(11-9-18)27(23,24)21-20(17-6-4-3-5-7-17)16-22-12-14-25-15-13-22/h3-11,20-21H,2,12-16H2,1H3. The summed E-state index contributed by atoms with van der Waals surface area (Å²) in [6.45, 7) is 5.98. The van der Waals surface area contributed by atoms with Crippen LogP contribution in [0.4, 0.5) is 0 Å². The summed E-state index contributed by atoms with van der Waals surface area (Å²) in [6, 6.07) is 15.8. The molecule has 27 heavy (non-hydrogen) atoms. The first-order valence-corrected chi connectivity index (χ1v) is 10.7. The van der Waals surface area contributed by atoms with E-state index in [0.29, 0.717) is 32.1 Å². The van der Waals surface area contributed by atoms with Crippen LogP contribution in [0.5, 0.6) is 5.75 Å². The Balaban J connectivity index is 1.79. The van der Waals surface area contributed by atoms with E-state index in [1.807, 2.05) is 37.3 Å². The van der Waals surface area contributed by atoms with Gasteiger partial charge in [-0.05, 0) is 36.8 Å². The Kier molecular flexibility index (Phi) is 6.84. The SMILES string of the molecule is CCOc1ccc(S(=O)(=O)NC(CN2CCOCC2)c2ccccc2)cc1. The molecule has 1 atom stereocenters. The van der Waals surface area contributed by atoms with E-state index in [1.165, 1.54) is 0 Å². The van der Waals surface area contributed by atoms with Crippen LogP contribution in [0.1, 0.15) is 18.5 Å². The summed E-state index contributed by atoms with van der Waals surface area (Å²) < 4.78 is 39.5. The Labute approximate surface area is 161 Å². The summed E-state index contributed by atoms with van der Waals surface area (Å²) in [4.78, 5) is 2.45. The third-order valence-corrected chi connectivity index (χ3v) is 5.98. The van der Waals surface area contributed by atoms with Gasteiger partial charge in [-0.1, -0.05) is 30.3 Å². The number of sulfonamides is 1. The van der Waals surface area contributed by atoms with Crippen molar-refractivity contribution in [3.05, 3.63) is 60.2 Å². The average Bonchev–Trinajstić information content (AvgIpc) is 2.69. The molecule has 1 aliphatic rings. The van der Waals surface area contributed by atoms with Crippen LogP contribution in [-0.2, 0) is 14.8 Å². The molecule has 1 unspecified atom stereocenters. The fourth-order valence-electron chi connectivity index (χ4n) is 3.08. The lowest BCUT2D eigenvalue weighted by Crippen LogP contribution is -2.43. The molecule has 0 spiro atoms. The molecule has 1 fully saturated rings. The highest BCUT2D eigenvalue weighted by Crippen LogP contribution is 2.21. The van der Waals surface area contributed by atoms with Gasteiger partial charge < -0.3 is 9.47 Å². The van der Waals surface area contributed by atoms with E-state index in [9.17, 15) is 8.42 Å². The fraction of sp³-hybridized carbons (Fsp3) is 0.400. The van der Waals surface area contributed by atoms with Gasteiger partial charge in [-0.2, -0.15) is 0 Å². The molecule has 1 N–H and O–H groups in total. The molecule has 1 saturated heterocycles. The molecule has 0 aliphatic carbocycles. The van der Waals surface area contributed by atoms with E-state index in [-0.39, 0.29) is 10.9 Å². The largest absolute Gasteiger partial charge is 0.494 e. The van der Waals surface area contributed by atoms with E-state index in [0.717, 1.165) is 18.7 Å². The number of nitrogens with zero attached hydrogens (tertiary/aromatic N) is 1. The summed E-state index contributed by atoms with van der Waals surface area (Å²) in [5.74, 6) is 0.657. The predicted octanol–water partition coefficient (Wildman–Crippen LogP) is 2.44. The lowest BCUT2D eigenvalue weighted by molar-refractivity contribution is 0.0345. The maximum absolute atomic E-state index is 12.9. The summed E-state index contributed by atoms with van der Waals surface area (Å²) in [5.41, 5.74) is 0.943. The van der Waals surface area contributed by atoms with E-state index < -0.39 is 10.0 Å². The van der Waals surface area contributed by atoms with Gasteiger partial charge in [0.2, 0.25) is 10.0 Å². The van der Waals surface area contributed by atoms with Gasteiger partial charge in [-0.15, -0.1) is 0 Å². The molecule has 0 bridgehead atoms. The molecule has 0 amide bonds. The van der Waals surface area contributed by atoms with Gasteiger partial charge in [0, 0.05) is 19.6 Å². The number of rotatable bonds is 8. The van der Waals surface area contributed by atoms with Crippen molar-refractivity contribution in [2.24, 2.45) is 0 Å². The van der Waals surface area contributed by atoms with Gasteiger partial charge >= 0.3 is 0 Å². The molecular weight excluding hydrogens is 364 g/mol. The first-order valence-electron chi connectivity index (χ1n) is 9.19. The molecule has 0 radical (unpaired) electrons. The van der Waals surface area contributed by atoms with Crippen molar-refractivity contribution >= 4 is 10.0 Å². The molecule has 146 valence electrons. The van der Waals surface area contributed by atoms with E-state index in [2.05, 4.69) is 9.62 Å². The van der Waals surface area contributed by atoms with Crippen LogP contribution >= 0.6 is 0 Å². The average molecular weight is 391 g/mol. The molecule has 7 heteroatoms. The highest BCUT2D eigenvalue weighted by Gasteiger charge is 2.24. The lowest BCUT2D eigenvalue weighted by atomic mass is 10.1. The molecule has 1 heterocycles. The van der Waals surface area contributed by atoms with Crippen LogP contribution in [-0.4, -0.2) is 52.8 Å². The van der Waals surface area contributed by atoms with Crippen molar-refractivity contribution in [3.8, 4) is 5.75 Å². The van der Waals surface area contributed by atoms with Crippen LogP contribution in [0.3, 0.4) is 0 Å². The van der Waals surface area contributed by atoms with Crippen molar-refractivity contribution in [3.63, 3.8) is 0 Å². The predicted molar refractivity (Wildman–Crippen MR) is 104 cm³/mol. The van der Waals surface area contributed by atoms with E-state index in [4.69, 9.17) is 9.47 Å². The number of hydrogen-bond acceptors (Lipinski definition) is 5. The van der Waals surface area contributed by atoms with Crippen molar-refractivity contribution in [1.29, 1.82) is 0 Å². The molecular formula is C20H26N2O4S. The van der Waals surface area contributed by atoms with Crippen LogP contribution in [0.2, 0.25) is 0 Å². The third kappa shape index (κ3) is 5.52. The van der Waals surface area contributed by atoms with Crippen molar-refractivity contribution in [2.45, 2.75) is 17.9 Å². The van der Waals surface area contributed by atoms with Gasteiger partial charge in [-0.25, -0.2) is 13.1 Å². The number of benzene rings is 2. The van der Waals surface area contributed by atoms with Crippen LogP contribution in [0.25, 0.3) is 0 Å². The highest BCUT2D eigenvalue weighted by atomic mass is 32.2. The summed E-state index contributed by atoms with van der Waals surface area (Å²) in [5, 5.41) is 0. The molecule has 3 rings (SSSR count). The van der Waals surface area contributed by atoms with Crippen molar-refractivity contribution in [1.82, 2.24) is 9.62 Å². The zero-order chi connectivity index (χ0) is 19.1. The number of ether oxygens (including phenoxy) is 2. The quantitative estimate of drug-likeness (QED) is 0.750. The highest BCUT2D eigenvalue weighted by molar-refractivity contribution is 7.89. The Morgan fingerprint density at radius 3 is 2.37 bits per heavy atom. The first kappa shape index (κ1) is 19.8. The van der Waals surface area contributed by atoms with E-state index >= 15 is 0 Å². The molecule has 2 aromatic rings. The Morgan fingerprint density at radius 2 is 1.74 bits per heavy atom. The second-order valence-corrected chi connectivity index (χ2v) is 8.12. The molecule has 0 aromatic heterocycles. The minimum absolute atomic E-state index is 0.230. The number of hydrogen-bond donors (Lipinski definition) is 1. The van der Waals surface area contributed by atoms with Gasteiger partial charge in [0.05, 0.1) is 30.8 Å². The van der Waals surface area contributed by atoms with E-state index in [1.54, 1.807) is 24.3 Å². The molecule has 1 aliphatic heterocycles. The molecule has 6 nitrogen and oxygen atoms in total. The number of nitrogens with one attached hydrogen (secondary N) is 1. The van der Waals surface area contributed by atoms with Gasteiger partial charge in [-0.3, -0.25) is 4.90 Å². The first-order chi connectivity index (χ1) is 13.1. The van der Waals surface area contributed by atoms with Gasteiger partial charge in [0.25, 0.3) is 0 Å². The lowest BCUT2D eigenvalue weighted by Gasteiger charge is -2.31. The monoisotopic (exact) mass is 390 g/mol. The second-order valence-electron chi connectivity index (χ2n) is 6.40. The summed E-state index contributed by atoms with van der Waals surface area (Å²) in [6.07, 6.45) is 0. The van der Waals surface area contributed by atoms with Crippen LogP contribution < -0.4 is 9.46 Å². The topological polar surface area (TPSA) is 67.9 Å². The van der Waals surface area contributed by atoms with Crippen molar-refractivity contribution < 1.29 is 17.9 Å². The Morgan fingerprint density at radius 1 is 1.07 bits per heavy atom. The maximum Gasteiger partial charge on any atom is 0.241 e. The summed E-state index contributed by atoms with van der Waals surface area (Å²) in [7, 11) is -3.65. The third-order valence-electron chi connectivity index (χ3n) is 4.49.